The minimum atomic E-state index is -0.238. The second-order valence-electron chi connectivity index (χ2n) is 5.82. The fourth-order valence-electron chi connectivity index (χ4n) is 2.47. The summed E-state index contributed by atoms with van der Waals surface area (Å²) in [5.74, 6) is 0.538. The Morgan fingerprint density at radius 1 is 1.00 bits per heavy atom. The van der Waals surface area contributed by atoms with Crippen LogP contribution < -0.4 is 10.6 Å². The highest BCUT2D eigenvalue weighted by Gasteiger charge is 2.09. The average Bonchev–Trinajstić information content (AvgIpc) is 3.07. The molecule has 0 saturated heterocycles. The van der Waals surface area contributed by atoms with Crippen molar-refractivity contribution in [3.8, 4) is 11.1 Å². The molecule has 0 fully saturated rings. The maximum absolute atomic E-state index is 12.2. The molecule has 1 heterocycles. The average molecular weight is 349 g/mol. The molecule has 2 N–H and O–H groups in total. The lowest BCUT2D eigenvalue weighted by Crippen LogP contribution is -2.27. The van der Waals surface area contributed by atoms with Gasteiger partial charge in [0.15, 0.2) is 5.82 Å². The van der Waals surface area contributed by atoms with Crippen LogP contribution in [0.25, 0.3) is 11.1 Å². The second kappa shape index (κ2) is 8.11. The maximum atomic E-state index is 12.2. The number of benzene rings is 2. The molecule has 2 amide bonds. The van der Waals surface area contributed by atoms with Gasteiger partial charge in [-0.1, -0.05) is 47.6 Å². The molecular weight excluding hydrogens is 330 g/mol. The number of nitrogens with one attached hydrogen (secondary N) is 2. The zero-order valence-corrected chi connectivity index (χ0v) is 14.4. The van der Waals surface area contributed by atoms with E-state index in [2.05, 4.69) is 15.8 Å². The van der Waals surface area contributed by atoms with Gasteiger partial charge in [0.2, 0.25) is 5.91 Å². The molecule has 132 valence electrons. The number of carbonyl (C=O) groups excluding carboxylic acids is 2. The van der Waals surface area contributed by atoms with Crippen LogP contribution in [0.2, 0.25) is 0 Å². The number of aromatic nitrogens is 1. The van der Waals surface area contributed by atoms with Gasteiger partial charge in [0.25, 0.3) is 5.91 Å². The molecular formula is C20H19N3O3. The summed E-state index contributed by atoms with van der Waals surface area (Å²) in [6.07, 6.45) is 0.153. The van der Waals surface area contributed by atoms with Gasteiger partial charge in [0.1, 0.15) is 5.76 Å². The summed E-state index contributed by atoms with van der Waals surface area (Å²) in [6, 6.07) is 18.9. The Morgan fingerprint density at radius 2 is 1.69 bits per heavy atom. The van der Waals surface area contributed by atoms with Crippen LogP contribution in [-0.2, 0) is 4.79 Å². The van der Waals surface area contributed by atoms with Crippen molar-refractivity contribution in [2.24, 2.45) is 0 Å². The van der Waals surface area contributed by atoms with E-state index in [9.17, 15) is 9.59 Å². The number of rotatable bonds is 6. The number of amides is 2. The predicted octanol–water partition coefficient (Wildman–Crippen LogP) is 3.41. The third-order valence-corrected chi connectivity index (χ3v) is 3.79. The highest BCUT2D eigenvalue weighted by Crippen LogP contribution is 2.19. The normalized spacial score (nSPS) is 10.3. The van der Waals surface area contributed by atoms with E-state index in [0.29, 0.717) is 17.1 Å². The number of nitrogens with zero attached hydrogens (tertiary/aromatic N) is 1. The quantitative estimate of drug-likeness (QED) is 0.714. The molecule has 0 aliphatic rings. The molecule has 0 aliphatic heterocycles. The number of hydrogen-bond acceptors (Lipinski definition) is 4. The Bertz CT molecular complexity index is 886. The van der Waals surface area contributed by atoms with E-state index in [0.717, 1.165) is 11.1 Å². The van der Waals surface area contributed by atoms with Gasteiger partial charge in [-0.25, -0.2) is 0 Å². The molecule has 1 aromatic heterocycles. The van der Waals surface area contributed by atoms with E-state index in [1.807, 2.05) is 42.5 Å². The molecule has 6 heteroatoms. The lowest BCUT2D eigenvalue weighted by molar-refractivity contribution is -0.116. The Kier molecular flexibility index (Phi) is 5.43. The first-order chi connectivity index (χ1) is 12.6. The molecule has 0 unspecified atom stereocenters. The first-order valence-corrected chi connectivity index (χ1v) is 8.29. The summed E-state index contributed by atoms with van der Waals surface area (Å²) in [5.41, 5.74) is 2.70. The number of anilines is 1. The minimum absolute atomic E-state index is 0.153. The first-order valence-electron chi connectivity index (χ1n) is 8.29. The van der Waals surface area contributed by atoms with E-state index in [4.69, 9.17) is 4.52 Å². The van der Waals surface area contributed by atoms with Crippen LogP contribution in [0.1, 0.15) is 22.5 Å². The van der Waals surface area contributed by atoms with Gasteiger partial charge in [0, 0.05) is 24.6 Å². The number of hydrogen-bond donors (Lipinski definition) is 2. The Morgan fingerprint density at radius 3 is 2.35 bits per heavy atom. The third-order valence-electron chi connectivity index (χ3n) is 3.79. The number of carbonyl (C=O) groups is 2. The molecule has 0 bridgehead atoms. The predicted molar refractivity (Wildman–Crippen MR) is 98.7 cm³/mol. The zero-order chi connectivity index (χ0) is 18.4. The third kappa shape index (κ3) is 4.57. The lowest BCUT2D eigenvalue weighted by Gasteiger charge is -2.06. The Hall–Kier alpha value is -3.41. The Balaban J connectivity index is 1.48. The van der Waals surface area contributed by atoms with E-state index in [1.54, 1.807) is 25.1 Å². The standard InChI is InChI=1S/C20H19N3O3/c1-14-13-18(23-26-14)22-19(24)11-12-21-20(25)17-9-7-16(8-10-17)15-5-3-2-4-6-15/h2-10,13H,11-12H2,1H3,(H,21,25)(H,22,23,24). The van der Waals surface area contributed by atoms with E-state index < -0.39 is 0 Å². The van der Waals surface area contributed by atoms with E-state index in [1.165, 1.54) is 0 Å². The highest BCUT2D eigenvalue weighted by atomic mass is 16.5. The van der Waals surface area contributed by atoms with Crippen LogP contribution >= 0.6 is 0 Å². The highest BCUT2D eigenvalue weighted by molar-refractivity contribution is 5.95. The van der Waals surface area contributed by atoms with E-state index in [-0.39, 0.29) is 24.8 Å². The monoisotopic (exact) mass is 349 g/mol. The van der Waals surface area contributed by atoms with Crippen molar-refractivity contribution in [3.63, 3.8) is 0 Å². The van der Waals surface area contributed by atoms with Crippen molar-refractivity contribution >= 4 is 17.6 Å². The fourth-order valence-corrected chi connectivity index (χ4v) is 2.47. The first kappa shape index (κ1) is 17.4. The molecule has 0 aliphatic carbocycles. The van der Waals surface area contributed by atoms with Crippen molar-refractivity contribution in [2.75, 3.05) is 11.9 Å². The van der Waals surface area contributed by atoms with Gasteiger partial charge in [-0.15, -0.1) is 0 Å². The van der Waals surface area contributed by atoms with Crippen LogP contribution in [0, 0.1) is 6.92 Å². The summed E-state index contributed by atoms with van der Waals surface area (Å²) in [7, 11) is 0. The van der Waals surface area contributed by atoms with Gasteiger partial charge in [-0.05, 0) is 30.2 Å². The molecule has 3 rings (SSSR count). The van der Waals surface area contributed by atoms with Gasteiger partial charge in [-0.3, -0.25) is 9.59 Å². The van der Waals surface area contributed by atoms with Crippen molar-refractivity contribution in [3.05, 3.63) is 72.0 Å². The Labute approximate surface area is 151 Å². The van der Waals surface area contributed by atoms with Crippen molar-refractivity contribution in [1.29, 1.82) is 0 Å². The van der Waals surface area contributed by atoms with Crippen molar-refractivity contribution in [1.82, 2.24) is 10.5 Å². The topological polar surface area (TPSA) is 84.2 Å². The molecule has 3 aromatic rings. The van der Waals surface area contributed by atoms with Gasteiger partial charge < -0.3 is 15.2 Å². The second-order valence-corrected chi connectivity index (χ2v) is 5.82. The van der Waals surface area contributed by atoms with Gasteiger partial charge in [-0.2, -0.15) is 0 Å². The molecule has 0 spiro atoms. The molecule has 2 aromatic carbocycles. The molecule has 0 saturated carbocycles. The van der Waals surface area contributed by atoms with Crippen LogP contribution in [0.3, 0.4) is 0 Å². The van der Waals surface area contributed by atoms with Crippen LogP contribution in [-0.4, -0.2) is 23.5 Å². The van der Waals surface area contributed by atoms with Gasteiger partial charge in [0.05, 0.1) is 0 Å². The smallest absolute Gasteiger partial charge is 0.251 e. The van der Waals surface area contributed by atoms with E-state index >= 15 is 0 Å². The minimum Gasteiger partial charge on any atom is -0.360 e. The summed E-state index contributed by atoms with van der Waals surface area (Å²) >= 11 is 0. The zero-order valence-electron chi connectivity index (χ0n) is 14.4. The maximum Gasteiger partial charge on any atom is 0.251 e. The van der Waals surface area contributed by atoms with Crippen LogP contribution in [0.4, 0.5) is 5.82 Å². The summed E-state index contributed by atoms with van der Waals surface area (Å²) in [6.45, 7) is 1.98. The summed E-state index contributed by atoms with van der Waals surface area (Å²) in [4.78, 5) is 24.0. The summed E-state index contributed by atoms with van der Waals surface area (Å²) < 4.78 is 4.87. The fraction of sp³-hybridized carbons (Fsp3) is 0.150. The SMILES string of the molecule is Cc1cc(NC(=O)CCNC(=O)c2ccc(-c3ccccc3)cc2)no1. The molecule has 6 nitrogen and oxygen atoms in total. The molecule has 0 atom stereocenters. The molecule has 26 heavy (non-hydrogen) atoms. The lowest BCUT2D eigenvalue weighted by atomic mass is 10.0. The summed E-state index contributed by atoms with van der Waals surface area (Å²) in [5, 5.41) is 9.03. The van der Waals surface area contributed by atoms with Crippen molar-refractivity contribution < 1.29 is 14.1 Å². The van der Waals surface area contributed by atoms with Crippen LogP contribution in [0.5, 0.6) is 0 Å². The molecule has 0 radical (unpaired) electrons. The largest absolute Gasteiger partial charge is 0.360 e. The van der Waals surface area contributed by atoms with Crippen molar-refractivity contribution in [2.45, 2.75) is 13.3 Å². The number of aryl methyl sites for hydroxylation is 1. The van der Waals surface area contributed by atoms with Gasteiger partial charge >= 0.3 is 0 Å². The van der Waals surface area contributed by atoms with Crippen LogP contribution in [0.15, 0.2) is 65.2 Å².